The zero-order valence-corrected chi connectivity index (χ0v) is 17.8. The summed E-state index contributed by atoms with van der Waals surface area (Å²) >= 11 is 0. The smallest absolute Gasteiger partial charge is 0.224 e. The van der Waals surface area contributed by atoms with Crippen LogP contribution in [0.3, 0.4) is 0 Å². The highest BCUT2D eigenvalue weighted by Crippen LogP contribution is 2.31. The fourth-order valence-corrected chi connectivity index (χ4v) is 3.94. The third-order valence-electron chi connectivity index (χ3n) is 5.62. The number of ether oxygens (including phenoxy) is 1. The van der Waals surface area contributed by atoms with Gasteiger partial charge >= 0.3 is 0 Å². The number of hydrogen-bond donors (Lipinski definition) is 3. The Kier molecular flexibility index (Phi) is 5.17. The lowest BCUT2D eigenvalue weighted by molar-refractivity contribution is 0.0904. The van der Waals surface area contributed by atoms with Crippen molar-refractivity contribution < 1.29 is 9.13 Å². The maximum Gasteiger partial charge on any atom is 0.224 e. The van der Waals surface area contributed by atoms with Crippen LogP contribution in [-0.2, 0) is 4.74 Å². The first-order valence-corrected chi connectivity index (χ1v) is 10.5. The number of rotatable bonds is 5. The Balaban J connectivity index is 1.67. The third kappa shape index (κ3) is 3.75. The van der Waals surface area contributed by atoms with Gasteiger partial charge in [-0.25, -0.2) is 9.37 Å². The standard InChI is InChI=1S/C21H24FN9O/c1-11-9-16(30-29-11)31-19(12(2)15-4-3-13(22)10-24-15)26-17-18(27-21(23)28-20(17)31)25-14-5-7-32-8-6-14/h3-4,9-10,12,14H,5-8H2,1-2H3,(H,29,30)(H3,23,25,27,28)/t12-/m0/s1. The lowest BCUT2D eigenvalue weighted by Gasteiger charge is -2.23. The van der Waals surface area contributed by atoms with Crippen LogP contribution >= 0.6 is 0 Å². The van der Waals surface area contributed by atoms with Crippen LogP contribution in [0.2, 0.25) is 0 Å². The molecule has 0 saturated carbocycles. The molecule has 11 heteroatoms. The van der Waals surface area contributed by atoms with E-state index >= 15 is 0 Å². The number of nitrogens with two attached hydrogens (primary N) is 1. The molecular formula is C21H24FN9O. The number of hydrogen-bond acceptors (Lipinski definition) is 8. The Morgan fingerprint density at radius 2 is 2.06 bits per heavy atom. The lowest BCUT2D eigenvalue weighted by atomic mass is 10.1. The Morgan fingerprint density at radius 3 is 2.75 bits per heavy atom. The van der Waals surface area contributed by atoms with Gasteiger partial charge in [-0.2, -0.15) is 15.1 Å². The van der Waals surface area contributed by atoms with Crippen molar-refractivity contribution in [2.45, 2.75) is 38.6 Å². The molecule has 0 amide bonds. The van der Waals surface area contributed by atoms with Gasteiger partial charge < -0.3 is 15.8 Å². The molecule has 5 rings (SSSR count). The quantitative estimate of drug-likeness (QED) is 0.434. The number of H-pyrrole nitrogens is 1. The molecule has 0 aliphatic carbocycles. The second-order valence-electron chi connectivity index (χ2n) is 7.97. The van der Waals surface area contributed by atoms with Crippen molar-refractivity contribution in [2.75, 3.05) is 24.3 Å². The van der Waals surface area contributed by atoms with E-state index in [1.807, 2.05) is 24.5 Å². The van der Waals surface area contributed by atoms with Crippen molar-refractivity contribution in [3.63, 3.8) is 0 Å². The maximum absolute atomic E-state index is 13.4. The average Bonchev–Trinajstić information content (AvgIpc) is 3.38. The van der Waals surface area contributed by atoms with Crippen LogP contribution in [0.5, 0.6) is 0 Å². The largest absolute Gasteiger partial charge is 0.381 e. The Hall–Kier alpha value is -3.60. The van der Waals surface area contributed by atoms with Crippen LogP contribution < -0.4 is 11.1 Å². The molecule has 0 aromatic carbocycles. The highest BCUT2D eigenvalue weighted by molar-refractivity contribution is 5.86. The van der Waals surface area contributed by atoms with Crippen LogP contribution in [0.25, 0.3) is 17.0 Å². The number of fused-ring (bicyclic) bond motifs is 1. The van der Waals surface area contributed by atoms with Gasteiger partial charge in [-0.1, -0.05) is 0 Å². The van der Waals surface area contributed by atoms with Crippen LogP contribution in [0.4, 0.5) is 16.2 Å². The minimum absolute atomic E-state index is 0.138. The van der Waals surface area contributed by atoms with Crippen molar-refractivity contribution in [3.05, 3.63) is 47.4 Å². The number of anilines is 2. The molecule has 166 valence electrons. The van der Waals surface area contributed by atoms with Crippen molar-refractivity contribution >= 4 is 22.9 Å². The van der Waals surface area contributed by atoms with E-state index in [0.717, 1.165) is 18.5 Å². The summed E-state index contributed by atoms with van der Waals surface area (Å²) in [7, 11) is 0. The van der Waals surface area contributed by atoms with Gasteiger partial charge in [-0.05, 0) is 38.8 Å². The van der Waals surface area contributed by atoms with Gasteiger partial charge in [-0.3, -0.25) is 14.6 Å². The summed E-state index contributed by atoms with van der Waals surface area (Å²) in [5, 5.41) is 10.8. The van der Waals surface area contributed by atoms with Crippen LogP contribution in [0.1, 0.15) is 42.9 Å². The first-order valence-electron chi connectivity index (χ1n) is 10.5. The van der Waals surface area contributed by atoms with Crippen LogP contribution in [0.15, 0.2) is 24.4 Å². The van der Waals surface area contributed by atoms with E-state index in [4.69, 9.17) is 15.5 Å². The van der Waals surface area contributed by atoms with E-state index in [1.165, 1.54) is 12.3 Å². The zero-order chi connectivity index (χ0) is 22.2. The summed E-state index contributed by atoms with van der Waals surface area (Å²) in [6, 6.07) is 5.15. The minimum Gasteiger partial charge on any atom is -0.381 e. The lowest BCUT2D eigenvalue weighted by Crippen LogP contribution is -2.28. The van der Waals surface area contributed by atoms with E-state index in [2.05, 4.69) is 30.5 Å². The molecule has 32 heavy (non-hydrogen) atoms. The number of halogens is 1. The molecule has 1 aliphatic heterocycles. The molecule has 0 radical (unpaired) electrons. The monoisotopic (exact) mass is 437 g/mol. The Labute approximate surface area is 183 Å². The number of aromatic amines is 1. The predicted molar refractivity (Wildman–Crippen MR) is 117 cm³/mol. The molecule has 10 nitrogen and oxygen atoms in total. The van der Waals surface area contributed by atoms with Crippen LogP contribution in [-0.4, -0.2) is 54.0 Å². The van der Waals surface area contributed by atoms with Gasteiger partial charge in [0, 0.05) is 31.0 Å². The summed E-state index contributed by atoms with van der Waals surface area (Å²) in [6.45, 7) is 5.27. The summed E-state index contributed by atoms with van der Waals surface area (Å²) in [4.78, 5) is 18.1. The maximum atomic E-state index is 13.4. The van der Waals surface area contributed by atoms with E-state index < -0.39 is 0 Å². The normalized spacial score (nSPS) is 15.8. The molecule has 1 saturated heterocycles. The van der Waals surface area contributed by atoms with Gasteiger partial charge in [0.25, 0.3) is 0 Å². The topological polar surface area (TPSA) is 132 Å². The number of nitrogen functional groups attached to an aromatic ring is 1. The van der Waals surface area contributed by atoms with E-state index in [-0.39, 0.29) is 23.7 Å². The molecule has 1 atom stereocenters. The van der Waals surface area contributed by atoms with Gasteiger partial charge in [0.1, 0.15) is 11.6 Å². The molecule has 4 aromatic rings. The number of pyridine rings is 1. The highest BCUT2D eigenvalue weighted by Gasteiger charge is 2.26. The number of aromatic nitrogens is 7. The molecule has 0 bridgehead atoms. The summed E-state index contributed by atoms with van der Waals surface area (Å²) in [5.41, 5.74) is 8.79. The average molecular weight is 437 g/mol. The number of nitrogens with zero attached hydrogens (tertiary/aromatic N) is 6. The molecule has 0 spiro atoms. The zero-order valence-electron chi connectivity index (χ0n) is 17.8. The Morgan fingerprint density at radius 1 is 1.25 bits per heavy atom. The highest BCUT2D eigenvalue weighted by atomic mass is 19.1. The van der Waals surface area contributed by atoms with E-state index in [9.17, 15) is 4.39 Å². The van der Waals surface area contributed by atoms with Gasteiger partial charge in [0.05, 0.1) is 17.8 Å². The fourth-order valence-electron chi connectivity index (χ4n) is 3.94. The van der Waals surface area contributed by atoms with Gasteiger partial charge in [0.15, 0.2) is 22.8 Å². The van der Waals surface area contributed by atoms with Gasteiger partial charge in [-0.15, -0.1) is 0 Å². The molecule has 4 N–H and O–H groups in total. The van der Waals surface area contributed by atoms with Crippen molar-refractivity contribution in [1.82, 2.24) is 34.7 Å². The SMILES string of the molecule is Cc1cc(-n2c([C@@H](C)c3ccc(F)cn3)nc3c(NC4CCOCC4)nc(N)nc32)n[nH]1. The number of imidazole rings is 1. The summed E-state index contributed by atoms with van der Waals surface area (Å²) in [5.74, 6) is 1.34. The van der Waals surface area contributed by atoms with Crippen molar-refractivity contribution in [1.29, 1.82) is 0 Å². The summed E-state index contributed by atoms with van der Waals surface area (Å²) < 4.78 is 20.7. The third-order valence-corrected chi connectivity index (χ3v) is 5.62. The first kappa shape index (κ1) is 20.3. The Bertz CT molecular complexity index is 1240. The van der Waals surface area contributed by atoms with Crippen LogP contribution in [0, 0.1) is 12.7 Å². The molecule has 0 unspecified atom stereocenters. The van der Waals surface area contributed by atoms with Gasteiger partial charge in [0.2, 0.25) is 5.95 Å². The van der Waals surface area contributed by atoms with Crippen molar-refractivity contribution in [3.8, 4) is 5.82 Å². The molecular weight excluding hydrogens is 413 g/mol. The summed E-state index contributed by atoms with van der Waals surface area (Å²) in [6.07, 6.45) is 2.94. The number of nitrogens with one attached hydrogen (secondary N) is 2. The first-order chi connectivity index (χ1) is 15.5. The molecule has 1 aliphatic rings. The second-order valence-corrected chi connectivity index (χ2v) is 7.97. The van der Waals surface area contributed by atoms with E-state index in [0.29, 0.717) is 47.5 Å². The molecule has 5 heterocycles. The number of aryl methyl sites for hydroxylation is 1. The minimum atomic E-state index is -0.390. The fraction of sp³-hybridized carbons (Fsp3) is 0.381. The van der Waals surface area contributed by atoms with Crippen molar-refractivity contribution in [2.24, 2.45) is 0 Å². The van der Waals surface area contributed by atoms with E-state index in [1.54, 1.807) is 6.07 Å². The molecule has 1 fully saturated rings. The predicted octanol–water partition coefficient (Wildman–Crippen LogP) is 2.71. The second kappa shape index (κ2) is 8.15. The molecule has 4 aromatic heterocycles.